The minimum atomic E-state index is 0.0318. The molecule has 0 aliphatic heterocycles. The molecule has 0 saturated carbocycles. The monoisotopic (exact) mass is 151 g/mol. The van der Waals surface area contributed by atoms with Crippen LogP contribution in [0.1, 0.15) is 5.56 Å². The molecule has 0 aliphatic carbocycles. The number of carbonyl (C=O) groups is 1. The molecular weight excluding hydrogens is 142 g/mol. The number of nitrogens with two attached hydrogens (primary N) is 1. The smallest absolute Gasteiger partial charge is 0.138 e. The summed E-state index contributed by atoms with van der Waals surface area (Å²) in [4.78, 5) is 10.1. The minimum absolute atomic E-state index is 0.0318. The van der Waals surface area contributed by atoms with Gasteiger partial charge >= 0.3 is 0 Å². The molecule has 3 nitrogen and oxygen atoms in total. The summed E-state index contributed by atoms with van der Waals surface area (Å²) in [7, 11) is 0. The zero-order valence-corrected chi connectivity index (χ0v) is 5.95. The zero-order valence-electron chi connectivity index (χ0n) is 5.95. The Bertz CT molecular complexity index is 271. The van der Waals surface area contributed by atoms with Crippen LogP contribution in [0, 0.1) is 0 Å². The van der Waals surface area contributed by atoms with E-state index in [0.29, 0.717) is 12.1 Å². The first-order valence-electron chi connectivity index (χ1n) is 3.25. The van der Waals surface area contributed by atoms with E-state index in [1.165, 1.54) is 6.07 Å². The van der Waals surface area contributed by atoms with Gasteiger partial charge in [-0.2, -0.15) is 0 Å². The molecule has 0 spiro atoms. The molecule has 3 N–H and O–H groups in total. The lowest BCUT2D eigenvalue weighted by Gasteiger charge is -1.99. The summed E-state index contributed by atoms with van der Waals surface area (Å²) < 4.78 is 0. The quantitative estimate of drug-likeness (QED) is 0.372. The number of phenols is 1. The molecule has 0 fully saturated rings. The summed E-state index contributed by atoms with van der Waals surface area (Å²) in [6.07, 6.45) is 1.10. The third kappa shape index (κ3) is 1.70. The molecule has 0 aliphatic rings. The van der Waals surface area contributed by atoms with Gasteiger partial charge in [0.2, 0.25) is 0 Å². The average molecular weight is 151 g/mol. The third-order valence-corrected chi connectivity index (χ3v) is 1.41. The molecule has 3 heteroatoms. The van der Waals surface area contributed by atoms with Crippen LogP contribution in [0.2, 0.25) is 0 Å². The number of benzene rings is 1. The van der Waals surface area contributed by atoms with Crippen LogP contribution in [0.15, 0.2) is 18.2 Å². The number of anilines is 1. The van der Waals surface area contributed by atoms with Gasteiger partial charge in [-0.05, 0) is 17.7 Å². The zero-order chi connectivity index (χ0) is 8.27. The van der Waals surface area contributed by atoms with Gasteiger partial charge in [0, 0.05) is 6.42 Å². The van der Waals surface area contributed by atoms with Crippen molar-refractivity contribution >= 4 is 12.0 Å². The number of hydrogen-bond donors (Lipinski definition) is 2. The highest BCUT2D eigenvalue weighted by Crippen LogP contribution is 2.20. The number of nitrogen functional groups attached to an aromatic ring is 1. The molecule has 11 heavy (non-hydrogen) atoms. The van der Waals surface area contributed by atoms with Crippen LogP contribution >= 0.6 is 0 Å². The lowest BCUT2D eigenvalue weighted by Crippen LogP contribution is -1.89. The van der Waals surface area contributed by atoms with Gasteiger partial charge in [-0.1, -0.05) is 6.07 Å². The van der Waals surface area contributed by atoms with Crippen LogP contribution in [-0.4, -0.2) is 11.4 Å². The molecule has 1 rings (SSSR count). The molecule has 0 unspecified atom stereocenters. The van der Waals surface area contributed by atoms with Crippen molar-refractivity contribution in [3.8, 4) is 5.75 Å². The van der Waals surface area contributed by atoms with E-state index in [1.807, 2.05) is 0 Å². The van der Waals surface area contributed by atoms with Gasteiger partial charge < -0.3 is 15.6 Å². The van der Waals surface area contributed by atoms with E-state index in [1.54, 1.807) is 12.1 Å². The van der Waals surface area contributed by atoms with Gasteiger partial charge in [0.25, 0.3) is 0 Å². The Morgan fingerprint density at radius 3 is 2.82 bits per heavy atom. The van der Waals surface area contributed by atoms with Crippen molar-refractivity contribution in [1.29, 1.82) is 0 Å². The number of carbonyl (C=O) groups excluding carboxylic acids is 1. The summed E-state index contributed by atoms with van der Waals surface area (Å²) in [5.74, 6) is 0.0318. The van der Waals surface area contributed by atoms with Gasteiger partial charge in [-0.25, -0.2) is 0 Å². The molecule has 1 aromatic carbocycles. The van der Waals surface area contributed by atoms with Crippen LogP contribution in [0.25, 0.3) is 0 Å². The molecule has 0 saturated heterocycles. The van der Waals surface area contributed by atoms with Gasteiger partial charge in [-0.15, -0.1) is 0 Å². The summed E-state index contributed by atoms with van der Waals surface area (Å²) >= 11 is 0. The predicted octanol–water partition coefficient (Wildman–Crippen LogP) is 0.716. The van der Waals surface area contributed by atoms with E-state index >= 15 is 0 Å². The topological polar surface area (TPSA) is 63.3 Å². The fraction of sp³-hybridized carbons (Fsp3) is 0.125. The van der Waals surface area contributed by atoms with E-state index in [9.17, 15) is 4.79 Å². The van der Waals surface area contributed by atoms with Crippen molar-refractivity contribution in [3.05, 3.63) is 23.8 Å². The highest BCUT2D eigenvalue weighted by atomic mass is 16.3. The molecule has 1 aromatic rings. The van der Waals surface area contributed by atoms with Gasteiger partial charge in [0.05, 0.1) is 5.69 Å². The predicted molar refractivity (Wildman–Crippen MR) is 42.3 cm³/mol. The first kappa shape index (κ1) is 7.60. The number of hydrogen-bond acceptors (Lipinski definition) is 3. The van der Waals surface area contributed by atoms with Crippen molar-refractivity contribution in [2.24, 2.45) is 0 Å². The SMILES string of the molecule is Nc1ccc(CC=O)cc1O. The van der Waals surface area contributed by atoms with Gasteiger partial charge in [-0.3, -0.25) is 0 Å². The highest BCUT2D eigenvalue weighted by Gasteiger charge is 1.97. The molecule has 0 radical (unpaired) electrons. The lowest BCUT2D eigenvalue weighted by atomic mass is 10.1. The molecule has 0 atom stereocenters. The first-order chi connectivity index (χ1) is 5.24. The Labute approximate surface area is 64.5 Å². The molecule has 0 aromatic heterocycles. The number of aldehydes is 1. The van der Waals surface area contributed by atoms with E-state index in [2.05, 4.69) is 0 Å². The van der Waals surface area contributed by atoms with Crippen molar-refractivity contribution in [1.82, 2.24) is 0 Å². The molecule has 58 valence electrons. The van der Waals surface area contributed by atoms with Crippen LogP contribution in [0.5, 0.6) is 5.75 Å². The lowest BCUT2D eigenvalue weighted by molar-refractivity contribution is -0.107. The standard InChI is InChI=1S/C8H9NO2/c9-7-2-1-6(3-4-10)5-8(7)11/h1-2,4-5,11H,3,9H2. The second kappa shape index (κ2) is 3.05. The van der Waals surface area contributed by atoms with Crippen LogP contribution in [0.3, 0.4) is 0 Å². The first-order valence-corrected chi connectivity index (χ1v) is 3.25. The Morgan fingerprint density at radius 2 is 2.27 bits per heavy atom. The van der Waals surface area contributed by atoms with Gasteiger partial charge in [0.15, 0.2) is 0 Å². The highest BCUT2D eigenvalue weighted by molar-refractivity contribution is 5.59. The Hall–Kier alpha value is -1.51. The molecule has 0 amide bonds. The molecule has 0 bridgehead atoms. The Balaban J connectivity index is 2.95. The third-order valence-electron chi connectivity index (χ3n) is 1.41. The normalized spacial score (nSPS) is 9.45. The average Bonchev–Trinajstić information content (AvgIpc) is 1.98. The molecule has 0 heterocycles. The maximum atomic E-state index is 10.1. The number of phenolic OH excluding ortho intramolecular Hbond substituents is 1. The van der Waals surface area contributed by atoms with Crippen molar-refractivity contribution < 1.29 is 9.90 Å². The Kier molecular flexibility index (Phi) is 2.11. The maximum Gasteiger partial charge on any atom is 0.138 e. The van der Waals surface area contributed by atoms with Crippen LogP contribution in [0.4, 0.5) is 5.69 Å². The van der Waals surface area contributed by atoms with E-state index in [0.717, 1.165) is 11.8 Å². The van der Waals surface area contributed by atoms with E-state index < -0.39 is 0 Å². The maximum absolute atomic E-state index is 10.1. The van der Waals surface area contributed by atoms with Crippen molar-refractivity contribution in [2.45, 2.75) is 6.42 Å². The largest absolute Gasteiger partial charge is 0.506 e. The number of rotatable bonds is 2. The van der Waals surface area contributed by atoms with Gasteiger partial charge in [0.1, 0.15) is 12.0 Å². The summed E-state index contributed by atoms with van der Waals surface area (Å²) in [6.45, 7) is 0. The summed E-state index contributed by atoms with van der Waals surface area (Å²) in [5.41, 5.74) is 6.45. The second-order valence-electron chi connectivity index (χ2n) is 2.26. The Morgan fingerprint density at radius 1 is 1.55 bits per heavy atom. The van der Waals surface area contributed by atoms with Crippen molar-refractivity contribution in [2.75, 3.05) is 5.73 Å². The summed E-state index contributed by atoms with van der Waals surface area (Å²) in [5, 5.41) is 9.09. The van der Waals surface area contributed by atoms with Crippen LogP contribution < -0.4 is 5.73 Å². The van der Waals surface area contributed by atoms with E-state index in [-0.39, 0.29) is 5.75 Å². The number of aromatic hydroxyl groups is 1. The second-order valence-corrected chi connectivity index (χ2v) is 2.26. The van der Waals surface area contributed by atoms with Crippen molar-refractivity contribution in [3.63, 3.8) is 0 Å². The van der Waals surface area contributed by atoms with Crippen LogP contribution in [-0.2, 0) is 11.2 Å². The minimum Gasteiger partial charge on any atom is -0.506 e. The fourth-order valence-corrected chi connectivity index (χ4v) is 0.812. The van der Waals surface area contributed by atoms with E-state index in [4.69, 9.17) is 10.8 Å². The summed E-state index contributed by atoms with van der Waals surface area (Å²) in [6, 6.07) is 4.78. The fourth-order valence-electron chi connectivity index (χ4n) is 0.812. The molecular formula is C8H9NO2.